The quantitative estimate of drug-likeness (QED) is 0.886. The van der Waals surface area contributed by atoms with Gasteiger partial charge in [0.1, 0.15) is 0 Å². The Hall–Kier alpha value is -1.97. The summed E-state index contributed by atoms with van der Waals surface area (Å²) in [6.45, 7) is 0. The summed E-state index contributed by atoms with van der Waals surface area (Å²) in [5.74, 6) is -1.11. The molecule has 0 aliphatic rings. The number of hydrogen-bond acceptors (Lipinski definition) is 1. The number of hydrogen-bond donors (Lipinski definition) is 1. The molecule has 0 heterocycles. The van der Waals surface area contributed by atoms with Crippen molar-refractivity contribution in [2.75, 3.05) is 0 Å². The molecular formula is C13H10F2O2. The predicted molar refractivity (Wildman–Crippen MR) is 60.2 cm³/mol. The summed E-state index contributed by atoms with van der Waals surface area (Å²) in [6.07, 6.45) is -3.04. The van der Waals surface area contributed by atoms with Crippen molar-refractivity contribution in [1.82, 2.24) is 0 Å². The Morgan fingerprint density at radius 1 is 1.18 bits per heavy atom. The van der Waals surface area contributed by atoms with Crippen molar-refractivity contribution >= 4 is 16.7 Å². The first-order valence-corrected chi connectivity index (χ1v) is 5.09. The number of benzene rings is 2. The molecule has 1 N–H and O–H groups in total. The number of alkyl halides is 2. The Balaban J connectivity index is 2.61. The number of carboxylic acid groups (broad SMARTS) is 1. The minimum Gasteiger partial charge on any atom is -0.481 e. The van der Waals surface area contributed by atoms with Crippen LogP contribution in [-0.4, -0.2) is 11.1 Å². The second-order valence-electron chi connectivity index (χ2n) is 3.77. The molecule has 0 atom stereocenters. The maximum Gasteiger partial charge on any atom is 0.307 e. The Morgan fingerprint density at radius 3 is 2.29 bits per heavy atom. The molecule has 2 aromatic rings. The van der Waals surface area contributed by atoms with E-state index in [9.17, 15) is 13.6 Å². The first-order chi connectivity index (χ1) is 8.08. The smallest absolute Gasteiger partial charge is 0.307 e. The summed E-state index contributed by atoms with van der Waals surface area (Å²) < 4.78 is 25.6. The maximum absolute atomic E-state index is 12.8. The normalized spacial score (nSPS) is 11.0. The molecule has 0 aromatic heterocycles. The van der Waals surface area contributed by atoms with Crippen LogP contribution in [0, 0.1) is 0 Å². The van der Waals surface area contributed by atoms with Gasteiger partial charge in [-0.15, -0.1) is 0 Å². The van der Waals surface area contributed by atoms with Crippen molar-refractivity contribution in [1.29, 1.82) is 0 Å². The van der Waals surface area contributed by atoms with Crippen LogP contribution >= 0.6 is 0 Å². The minimum absolute atomic E-state index is 0.172. The van der Waals surface area contributed by atoms with Crippen molar-refractivity contribution in [3.8, 4) is 0 Å². The summed E-state index contributed by atoms with van der Waals surface area (Å²) in [5, 5.41) is 10.2. The third-order valence-electron chi connectivity index (χ3n) is 2.58. The van der Waals surface area contributed by atoms with Crippen LogP contribution in [0.2, 0.25) is 0 Å². The molecule has 0 aliphatic heterocycles. The zero-order valence-electron chi connectivity index (χ0n) is 8.86. The van der Waals surface area contributed by atoms with Crippen LogP contribution in [0.1, 0.15) is 17.6 Å². The lowest BCUT2D eigenvalue weighted by Gasteiger charge is -2.09. The van der Waals surface area contributed by atoms with Gasteiger partial charge in [-0.05, 0) is 22.4 Å². The van der Waals surface area contributed by atoms with E-state index in [-0.39, 0.29) is 17.5 Å². The van der Waals surface area contributed by atoms with Crippen molar-refractivity contribution < 1.29 is 18.7 Å². The molecule has 17 heavy (non-hydrogen) atoms. The number of rotatable bonds is 3. The highest BCUT2D eigenvalue weighted by atomic mass is 19.3. The van der Waals surface area contributed by atoms with Crippen LogP contribution in [0.5, 0.6) is 0 Å². The van der Waals surface area contributed by atoms with Gasteiger partial charge in [0, 0.05) is 5.56 Å². The van der Waals surface area contributed by atoms with E-state index in [2.05, 4.69) is 0 Å². The molecular weight excluding hydrogens is 226 g/mol. The Morgan fingerprint density at radius 2 is 1.76 bits per heavy atom. The molecule has 0 unspecified atom stereocenters. The van der Waals surface area contributed by atoms with Crippen LogP contribution in [0.25, 0.3) is 10.8 Å². The van der Waals surface area contributed by atoms with Gasteiger partial charge in [-0.1, -0.05) is 30.3 Å². The highest BCUT2D eigenvalue weighted by Gasteiger charge is 2.15. The molecule has 0 spiro atoms. The fraction of sp³-hybridized carbons (Fsp3) is 0.154. The van der Waals surface area contributed by atoms with E-state index in [0.717, 1.165) is 5.39 Å². The molecule has 4 heteroatoms. The van der Waals surface area contributed by atoms with Crippen molar-refractivity contribution in [3.05, 3.63) is 47.5 Å². The molecule has 0 aliphatic carbocycles. The third kappa shape index (κ3) is 2.41. The number of halogens is 2. The molecule has 2 nitrogen and oxygen atoms in total. The van der Waals surface area contributed by atoms with Gasteiger partial charge in [-0.25, -0.2) is 8.78 Å². The third-order valence-corrected chi connectivity index (χ3v) is 2.58. The number of carbonyl (C=O) groups is 1. The van der Waals surface area contributed by atoms with Crippen LogP contribution in [0.3, 0.4) is 0 Å². The van der Waals surface area contributed by atoms with Gasteiger partial charge < -0.3 is 5.11 Å². The van der Waals surface area contributed by atoms with E-state index < -0.39 is 12.4 Å². The van der Waals surface area contributed by atoms with Gasteiger partial charge in [0.05, 0.1) is 6.42 Å². The fourth-order valence-corrected chi connectivity index (χ4v) is 1.82. The van der Waals surface area contributed by atoms with Crippen LogP contribution in [0.4, 0.5) is 8.78 Å². The second kappa shape index (κ2) is 4.49. The minimum atomic E-state index is -2.66. The second-order valence-corrected chi connectivity index (χ2v) is 3.77. The molecule has 0 radical (unpaired) electrons. The highest BCUT2D eigenvalue weighted by Crippen LogP contribution is 2.28. The molecule has 2 rings (SSSR count). The summed E-state index contributed by atoms with van der Waals surface area (Å²) in [5.41, 5.74) is -0.0303. The van der Waals surface area contributed by atoms with Crippen molar-refractivity contribution in [2.24, 2.45) is 0 Å². The van der Waals surface area contributed by atoms with Gasteiger partial charge >= 0.3 is 5.97 Å². The van der Waals surface area contributed by atoms with Crippen LogP contribution < -0.4 is 0 Å². The Labute approximate surface area is 96.5 Å². The van der Waals surface area contributed by atoms with E-state index in [1.165, 1.54) is 12.1 Å². The zero-order chi connectivity index (χ0) is 12.4. The van der Waals surface area contributed by atoms with Crippen molar-refractivity contribution in [3.63, 3.8) is 0 Å². The summed E-state index contributed by atoms with van der Waals surface area (Å²) in [7, 11) is 0. The van der Waals surface area contributed by atoms with Gasteiger partial charge in [0.2, 0.25) is 0 Å². The number of aliphatic carboxylic acids is 1. The standard InChI is InChI=1S/C13H10F2O2/c14-13(15)11-6-9-4-2-1-3-8(9)5-10(11)7-12(16)17/h1-6,13H,7H2,(H,16,17). The van der Waals surface area contributed by atoms with E-state index in [4.69, 9.17) is 5.11 Å². The summed E-state index contributed by atoms with van der Waals surface area (Å²) in [4.78, 5) is 10.6. The lowest BCUT2D eigenvalue weighted by Crippen LogP contribution is -2.04. The molecule has 0 bridgehead atoms. The Bertz CT molecular complexity index is 564. The summed E-state index contributed by atoms with van der Waals surface area (Å²) in [6, 6.07) is 9.92. The van der Waals surface area contributed by atoms with Crippen LogP contribution in [0.15, 0.2) is 36.4 Å². The highest BCUT2D eigenvalue weighted by molar-refractivity contribution is 5.85. The molecule has 0 saturated heterocycles. The maximum atomic E-state index is 12.8. The molecule has 2 aromatic carbocycles. The lowest BCUT2D eigenvalue weighted by molar-refractivity contribution is -0.136. The molecule has 0 saturated carbocycles. The SMILES string of the molecule is O=C(O)Cc1cc2ccccc2cc1C(F)F. The van der Waals surface area contributed by atoms with Gasteiger partial charge in [-0.2, -0.15) is 0 Å². The average molecular weight is 236 g/mol. The number of carboxylic acids is 1. The molecule has 0 amide bonds. The van der Waals surface area contributed by atoms with E-state index in [0.29, 0.717) is 5.39 Å². The van der Waals surface area contributed by atoms with Gasteiger partial charge in [0.15, 0.2) is 0 Å². The van der Waals surface area contributed by atoms with Crippen molar-refractivity contribution in [2.45, 2.75) is 12.8 Å². The molecule has 88 valence electrons. The first-order valence-electron chi connectivity index (χ1n) is 5.09. The summed E-state index contributed by atoms with van der Waals surface area (Å²) >= 11 is 0. The topological polar surface area (TPSA) is 37.3 Å². The predicted octanol–water partition coefficient (Wildman–Crippen LogP) is 3.40. The largest absolute Gasteiger partial charge is 0.481 e. The number of fused-ring (bicyclic) bond motifs is 1. The monoisotopic (exact) mass is 236 g/mol. The van der Waals surface area contributed by atoms with E-state index in [1.54, 1.807) is 24.3 Å². The van der Waals surface area contributed by atoms with Gasteiger partial charge in [-0.3, -0.25) is 4.79 Å². The van der Waals surface area contributed by atoms with E-state index >= 15 is 0 Å². The van der Waals surface area contributed by atoms with Gasteiger partial charge in [0.25, 0.3) is 6.43 Å². The fourth-order valence-electron chi connectivity index (χ4n) is 1.82. The first kappa shape index (κ1) is 11.5. The lowest BCUT2D eigenvalue weighted by atomic mass is 9.99. The zero-order valence-corrected chi connectivity index (χ0v) is 8.86. The average Bonchev–Trinajstić information content (AvgIpc) is 2.27. The Kier molecular flexibility index (Phi) is 3.04. The van der Waals surface area contributed by atoms with Crippen LogP contribution in [-0.2, 0) is 11.2 Å². The van der Waals surface area contributed by atoms with E-state index in [1.807, 2.05) is 0 Å². The molecule has 0 fully saturated rings.